The highest BCUT2D eigenvalue weighted by Crippen LogP contribution is 2.53. The summed E-state index contributed by atoms with van der Waals surface area (Å²) in [6.45, 7) is 0. The normalized spacial score (nSPS) is 12.6. The molecular formula is C26H17ClN2S. The molecule has 3 heterocycles. The summed E-state index contributed by atoms with van der Waals surface area (Å²) >= 11 is 8.25. The number of para-hydroxylation sites is 1. The predicted molar refractivity (Wildman–Crippen MR) is 127 cm³/mol. The van der Waals surface area contributed by atoms with Crippen LogP contribution in [0.25, 0.3) is 16.6 Å². The van der Waals surface area contributed by atoms with Crippen molar-refractivity contribution in [3.05, 3.63) is 108 Å². The second-order valence-electron chi connectivity index (χ2n) is 7.26. The molecule has 0 unspecified atom stereocenters. The molecule has 0 bridgehead atoms. The predicted octanol–water partition coefficient (Wildman–Crippen LogP) is 8.19. The van der Waals surface area contributed by atoms with Crippen molar-refractivity contribution in [3.63, 3.8) is 0 Å². The second kappa shape index (κ2) is 6.98. The number of halogens is 1. The maximum atomic E-state index is 6.46. The fourth-order valence-electron chi connectivity index (χ4n) is 4.12. The van der Waals surface area contributed by atoms with Gasteiger partial charge in [0.15, 0.2) is 0 Å². The summed E-state index contributed by atoms with van der Waals surface area (Å²) < 4.78 is 2.26. The molecule has 2 aromatic heterocycles. The highest BCUT2D eigenvalue weighted by Gasteiger charge is 2.29. The highest BCUT2D eigenvalue weighted by molar-refractivity contribution is 7.99. The van der Waals surface area contributed by atoms with Gasteiger partial charge in [0.1, 0.15) is 5.82 Å². The van der Waals surface area contributed by atoms with Crippen molar-refractivity contribution in [2.24, 2.45) is 0 Å². The van der Waals surface area contributed by atoms with Crippen LogP contribution in [-0.4, -0.2) is 4.40 Å². The van der Waals surface area contributed by atoms with Crippen LogP contribution in [-0.2, 0) is 0 Å². The van der Waals surface area contributed by atoms with Crippen LogP contribution < -0.4 is 4.90 Å². The van der Waals surface area contributed by atoms with Crippen LogP contribution in [0.1, 0.15) is 0 Å². The van der Waals surface area contributed by atoms with Crippen molar-refractivity contribution >= 4 is 46.1 Å². The summed E-state index contributed by atoms with van der Waals surface area (Å²) in [4.78, 5) is 4.78. The topological polar surface area (TPSA) is 7.65 Å². The van der Waals surface area contributed by atoms with Gasteiger partial charge >= 0.3 is 0 Å². The molecule has 0 radical (unpaired) electrons. The quantitative estimate of drug-likeness (QED) is 0.276. The Labute approximate surface area is 184 Å². The molecule has 0 N–H and O–H groups in total. The summed E-state index contributed by atoms with van der Waals surface area (Å²) in [6.07, 6.45) is 2.13. The Morgan fingerprint density at radius 2 is 1.43 bits per heavy atom. The monoisotopic (exact) mass is 424 g/mol. The van der Waals surface area contributed by atoms with Gasteiger partial charge in [0.25, 0.3) is 0 Å². The van der Waals surface area contributed by atoms with Crippen molar-refractivity contribution in [2.45, 2.75) is 9.79 Å². The van der Waals surface area contributed by atoms with Gasteiger partial charge in [-0.1, -0.05) is 71.9 Å². The van der Waals surface area contributed by atoms with Crippen molar-refractivity contribution in [1.29, 1.82) is 0 Å². The molecular weight excluding hydrogens is 408 g/mol. The van der Waals surface area contributed by atoms with Crippen LogP contribution in [0.4, 0.5) is 17.2 Å². The second-order valence-corrected chi connectivity index (χ2v) is 8.78. The number of anilines is 3. The fourth-order valence-corrected chi connectivity index (χ4v) is 5.33. The third kappa shape index (κ3) is 2.74. The van der Waals surface area contributed by atoms with E-state index in [2.05, 4.69) is 106 Å². The van der Waals surface area contributed by atoms with E-state index in [0.717, 1.165) is 22.0 Å². The fraction of sp³-hybridized carbons (Fsp3) is 0. The Kier molecular flexibility index (Phi) is 4.12. The first-order chi connectivity index (χ1) is 14.8. The molecule has 0 saturated carbocycles. The highest BCUT2D eigenvalue weighted by atomic mass is 35.5. The summed E-state index contributed by atoms with van der Waals surface area (Å²) in [7, 11) is 0. The van der Waals surface area contributed by atoms with Gasteiger partial charge < -0.3 is 4.40 Å². The molecule has 1 aliphatic heterocycles. The van der Waals surface area contributed by atoms with Gasteiger partial charge in [-0.05, 0) is 54.1 Å². The average Bonchev–Trinajstić information content (AvgIpc) is 3.17. The van der Waals surface area contributed by atoms with Crippen LogP contribution >= 0.6 is 23.4 Å². The number of fused-ring (bicyclic) bond motifs is 3. The van der Waals surface area contributed by atoms with E-state index in [1.807, 2.05) is 6.07 Å². The largest absolute Gasteiger partial charge is 0.302 e. The van der Waals surface area contributed by atoms with Gasteiger partial charge in [-0.15, -0.1) is 0 Å². The number of hydrogen-bond acceptors (Lipinski definition) is 2. The van der Waals surface area contributed by atoms with Gasteiger partial charge in [-0.25, -0.2) is 0 Å². The summed E-state index contributed by atoms with van der Waals surface area (Å²) in [5, 5.41) is 0.737. The zero-order chi connectivity index (χ0) is 20.1. The molecule has 30 heavy (non-hydrogen) atoms. The summed E-state index contributed by atoms with van der Waals surface area (Å²) in [5.74, 6) is 1.12. The maximum absolute atomic E-state index is 6.46. The van der Waals surface area contributed by atoms with Crippen LogP contribution in [0, 0.1) is 0 Å². The molecule has 0 saturated heterocycles. The Bertz CT molecular complexity index is 1390. The van der Waals surface area contributed by atoms with Crippen molar-refractivity contribution in [3.8, 4) is 11.1 Å². The Balaban J connectivity index is 1.72. The Hall–Kier alpha value is -3.14. The van der Waals surface area contributed by atoms with Crippen molar-refractivity contribution < 1.29 is 0 Å². The lowest BCUT2D eigenvalue weighted by atomic mass is 10.1. The number of aromatic nitrogens is 1. The van der Waals surface area contributed by atoms with E-state index < -0.39 is 0 Å². The van der Waals surface area contributed by atoms with Crippen LogP contribution in [0.2, 0.25) is 5.02 Å². The molecule has 3 aromatic carbocycles. The van der Waals surface area contributed by atoms with E-state index >= 15 is 0 Å². The first-order valence-electron chi connectivity index (χ1n) is 9.82. The van der Waals surface area contributed by atoms with Gasteiger partial charge in [0.05, 0.1) is 11.4 Å². The van der Waals surface area contributed by atoms with Crippen LogP contribution in [0.5, 0.6) is 0 Å². The van der Waals surface area contributed by atoms with Crippen LogP contribution in [0.3, 0.4) is 0 Å². The molecule has 0 fully saturated rings. The zero-order valence-electron chi connectivity index (χ0n) is 16.0. The number of pyridine rings is 1. The minimum absolute atomic E-state index is 0.737. The first-order valence-corrected chi connectivity index (χ1v) is 11.0. The lowest BCUT2D eigenvalue weighted by molar-refractivity contribution is 1.08. The summed E-state index contributed by atoms with van der Waals surface area (Å²) in [5.41, 5.74) is 5.81. The molecule has 1 aliphatic rings. The third-order valence-corrected chi connectivity index (χ3v) is 6.80. The smallest absolute Gasteiger partial charge is 0.130 e. The van der Waals surface area contributed by atoms with E-state index in [-0.39, 0.29) is 0 Å². The number of rotatable bonds is 2. The average molecular weight is 425 g/mol. The number of benzene rings is 3. The number of nitrogens with zero attached hydrogens (tertiary/aromatic N) is 2. The SMILES string of the molecule is Clc1ccc2c(c1)N(c1c(-c3ccccc3)cc3ccccn13)c1ccccc1S2. The minimum atomic E-state index is 0.737. The summed E-state index contributed by atoms with van der Waals surface area (Å²) in [6, 6.07) is 33.9. The Morgan fingerprint density at radius 3 is 2.33 bits per heavy atom. The van der Waals surface area contributed by atoms with Gasteiger partial charge in [-0.2, -0.15) is 0 Å². The van der Waals surface area contributed by atoms with Crippen molar-refractivity contribution in [1.82, 2.24) is 4.40 Å². The maximum Gasteiger partial charge on any atom is 0.130 e. The van der Waals surface area contributed by atoms with Gasteiger partial charge in [0, 0.05) is 32.1 Å². The molecule has 0 spiro atoms. The van der Waals surface area contributed by atoms with Gasteiger partial charge in [0.2, 0.25) is 0 Å². The minimum Gasteiger partial charge on any atom is -0.302 e. The molecule has 6 rings (SSSR count). The molecule has 0 aliphatic carbocycles. The molecule has 144 valence electrons. The van der Waals surface area contributed by atoms with E-state index in [0.29, 0.717) is 0 Å². The molecule has 0 amide bonds. The molecule has 0 atom stereocenters. The van der Waals surface area contributed by atoms with E-state index in [9.17, 15) is 0 Å². The third-order valence-electron chi connectivity index (χ3n) is 5.44. The lowest BCUT2D eigenvalue weighted by Gasteiger charge is -2.33. The molecule has 5 aromatic rings. The lowest BCUT2D eigenvalue weighted by Crippen LogP contribution is -2.17. The Morgan fingerprint density at radius 1 is 0.667 bits per heavy atom. The van der Waals surface area contributed by atoms with Gasteiger partial charge in [-0.3, -0.25) is 4.90 Å². The van der Waals surface area contributed by atoms with E-state index in [4.69, 9.17) is 11.6 Å². The molecule has 2 nitrogen and oxygen atoms in total. The standard InChI is InChI=1S/C26H17ClN2S/c27-19-13-14-25-23(16-19)29(22-11-4-5-12-24(22)30-25)26-21(18-8-2-1-3-9-18)17-20-10-6-7-15-28(20)26/h1-17H. The van der Waals surface area contributed by atoms with E-state index in [1.54, 1.807) is 11.8 Å². The first kappa shape index (κ1) is 17.7. The van der Waals surface area contributed by atoms with Crippen LogP contribution in [0.15, 0.2) is 113 Å². The van der Waals surface area contributed by atoms with Crippen molar-refractivity contribution in [2.75, 3.05) is 4.90 Å². The zero-order valence-corrected chi connectivity index (χ0v) is 17.6. The molecule has 4 heteroatoms. The van der Waals surface area contributed by atoms with E-state index in [1.165, 1.54) is 26.6 Å². The number of hydrogen-bond donors (Lipinski definition) is 0.